The predicted molar refractivity (Wildman–Crippen MR) is 34.5 cm³/mol. The average molecular weight is 204 g/mol. The van der Waals surface area contributed by atoms with E-state index < -0.39 is 5.97 Å². The Morgan fingerprint density at radius 1 is 1.70 bits per heavy atom. The van der Waals surface area contributed by atoms with Crippen molar-refractivity contribution in [3.05, 3.63) is 16.6 Å². The van der Waals surface area contributed by atoms with Gasteiger partial charge in [-0.2, -0.15) is 5.10 Å². The Labute approximate surface area is 64.2 Å². The van der Waals surface area contributed by atoms with E-state index in [1.165, 1.54) is 0 Å². The van der Waals surface area contributed by atoms with Crippen molar-refractivity contribution in [2.75, 3.05) is 0 Å². The van der Waals surface area contributed by atoms with Gasteiger partial charge < -0.3 is 5.11 Å². The molecule has 0 aliphatic rings. The maximum atomic E-state index is 10.2. The van der Waals surface area contributed by atoms with E-state index in [0.29, 0.717) is 0 Å². The molecule has 0 saturated heterocycles. The second-order valence-corrected chi connectivity index (χ2v) is 2.13. The highest BCUT2D eigenvalue weighted by molar-refractivity contribution is 9.10. The SMILES string of the molecule is O=C(O)c1cnnc(Br)n1. The van der Waals surface area contributed by atoms with Crippen molar-refractivity contribution in [3.63, 3.8) is 0 Å². The van der Waals surface area contributed by atoms with Gasteiger partial charge in [0.1, 0.15) is 0 Å². The highest BCUT2D eigenvalue weighted by atomic mass is 79.9. The lowest BCUT2D eigenvalue weighted by Gasteiger charge is -1.89. The molecule has 1 rings (SSSR count). The highest BCUT2D eigenvalue weighted by Gasteiger charge is 2.04. The molecule has 0 amide bonds. The summed E-state index contributed by atoms with van der Waals surface area (Å²) in [6.45, 7) is 0. The van der Waals surface area contributed by atoms with Crippen LogP contribution in [-0.2, 0) is 0 Å². The van der Waals surface area contributed by atoms with E-state index >= 15 is 0 Å². The molecule has 0 radical (unpaired) electrons. The van der Waals surface area contributed by atoms with E-state index in [9.17, 15) is 4.79 Å². The fraction of sp³-hybridized carbons (Fsp3) is 0. The van der Waals surface area contributed by atoms with Crippen LogP contribution in [0.2, 0.25) is 0 Å². The molecule has 0 fully saturated rings. The number of halogens is 1. The third-order valence-corrected chi connectivity index (χ3v) is 1.09. The zero-order valence-electron chi connectivity index (χ0n) is 4.65. The number of rotatable bonds is 1. The zero-order valence-corrected chi connectivity index (χ0v) is 6.24. The Kier molecular flexibility index (Phi) is 1.91. The molecule has 0 saturated carbocycles. The first-order chi connectivity index (χ1) is 4.70. The van der Waals surface area contributed by atoms with Crippen molar-refractivity contribution < 1.29 is 9.90 Å². The van der Waals surface area contributed by atoms with Crippen LogP contribution in [0.25, 0.3) is 0 Å². The summed E-state index contributed by atoms with van der Waals surface area (Å²) in [5.74, 6) is -1.12. The molecule has 1 N–H and O–H groups in total. The molecular weight excluding hydrogens is 202 g/mol. The molecular formula is C4H2BrN3O2. The molecule has 1 aromatic heterocycles. The molecule has 0 aliphatic heterocycles. The summed E-state index contributed by atoms with van der Waals surface area (Å²) in [5, 5.41) is 15.1. The van der Waals surface area contributed by atoms with Gasteiger partial charge in [-0.15, -0.1) is 5.10 Å². The van der Waals surface area contributed by atoms with Crippen LogP contribution < -0.4 is 0 Å². The van der Waals surface area contributed by atoms with E-state index in [0.717, 1.165) is 6.20 Å². The molecule has 5 nitrogen and oxygen atoms in total. The summed E-state index contributed by atoms with van der Waals surface area (Å²) in [6.07, 6.45) is 1.08. The van der Waals surface area contributed by atoms with Crippen LogP contribution in [0.3, 0.4) is 0 Å². The van der Waals surface area contributed by atoms with Gasteiger partial charge in [0.2, 0.25) is 4.73 Å². The van der Waals surface area contributed by atoms with Crippen molar-refractivity contribution in [2.24, 2.45) is 0 Å². The minimum Gasteiger partial charge on any atom is -0.476 e. The standard InChI is InChI=1S/C4H2BrN3O2/c5-4-7-2(3(9)10)1-6-8-4/h1H,(H,9,10). The maximum absolute atomic E-state index is 10.2. The van der Waals surface area contributed by atoms with Crippen molar-refractivity contribution in [1.29, 1.82) is 0 Å². The topological polar surface area (TPSA) is 76.0 Å². The lowest BCUT2D eigenvalue weighted by atomic mass is 10.5. The third-order valence-electron chi connectivity index (χ3n) is 0.752. The molecule has 1 aromatic rings. The Morgan fingerprint density at radius 3 is 2.80 bits per heavy atom. The first-order valence-corrected chi connectivity index (χ1v) is 3.08. The van der Waals surface area contributed by atoms with Crippen molar-refractivity contribution in [1.82, 2.24) is 15.2 Å². The fourth-order valence-corrected chi connectivity index (χ4v) is 0.667. The Bertz CT molecular complexity index is 264. The lowest BCUT2D eigenvalue weighted by molar-refractivity contribution is 0.0689. The first kappa shape index (κ1) is 7.07. The predicted octanol–water partition coefficient (Wildman–Crippen LogP) is 0.332. The first-order valence-electron chi connectivity index (χ1n) is 2.28. The van der Waals surface area contributed by atoms with Gasteiger partial charge >= 0.3 is 5.97 Å². The van der Waals surface area contributed by atoms with Crippen LogP contribution in [0.15, 0.2) is 10.9 Å². The summed E-state index contributed by atoms with van der Waals surface area (Å²) in [5.41, 5.74) is -0.123. The molecule has 0 unspecified atom stereocenters. The summed E-state index contributed by atoms with van der Waals surface area (Å²) in [7, 11) is 0. The molecule has 6 heteroatoms. The second kappa shape index (κ2) is 2.70. The van der Waals surface area contributed by atoms with Gasteiger partial charge in [0.15, 0.2) is 5.69 Å². The number of hydrogen-bond donors (Lipinski definition) is 1. The van der Waals surface area contributed by atoms with Crippen LogP contribution >= 0.6 is 15.9 Å². The maximum Gasteiger partial charge on any atom is 0.356 e. The Balaban J connectivity index is 3.07. The van der Waals surface area contributed by atoms with Crippen LogP contribution in [0.1, 0.15) is 10.5 Å². The van der Waals surface area contributed by atoms with Gasteiger partial charge in [0.25, 0.3) is 0 Å². The smallest absolute Gasteiger partial charge is 0.356 e. The van der Waals surface area contributed by atoms with Gasteiger partial charge in [0, 0.05) is 0 Å². The fourth-order valence-electron chi connectivity index (χ4n) is 0.385. The number of aromatic nitrogens is 3. The van der Waals surface area contributed by atoms with Crippen molar-refractivity contribution >= 4 is 21.9 Å². The summed E-state index contributed by atoms with van der Waals surface area (Å²) >= 11 is 2.88. The minimum atomic E-state index is -1.12. The van der Waals surface area contributed by atoms with E-state index in [2.05, 4.69) is 31.1 Å². The molecule has 10 heavy (non-hydrogen) atoms. The summed E-state index contributed by atoms with van der Waals surface area (Å²) in [4.78, 5) is 13.7. The van der Waals surface area contributed by atoms with Gasteiger partial charge in [-0.25, -0.2) is 9.78 Å². The monoisotopic (exact) mass is 203 g/mol. The van der Waals surface area contributed by atoms with E-state index in [-0.39, 0.29) is 10.4 Å². The van der Waals surface area contributed by atoms with Crippen molar-refractivity contribution in [2.45, 2.75) is 0 Å². The van der Waals surface area contributed by atoms with Crippen LogP contribution in [-0.4, -0.2) is 26.3 Å². The largest absolute Gasteiger partial charge is 0.476 e. The number of carboxylic acids is 1. The second-order valence-electron chi connectivity index (χ2n) is 1.42. The third kappa shape index (κ3) is 1.47. The van der Waals surface area contributed by atoms with Gasteiger partial charge in [0.05, 0.1) is 6.20 Å². The van der Waals surface area contributed by atoms with E-state index in [4.69, 9.17) is 5.11 Å². The number of nitrogens with zero attached hydrogens (tertiary/aromatic N) is 3. The van der Waals surface area contributed by atoms with E-state index in [1.54, 1.807) is 0 Å². The molecule has 0 bridgehead atoms. The quantitative estimate of drug-likeness (QED) is 0.713. The number of aromatic carboxylic acids is 1. The zero-order chi connectivity index (χ0) is 7.56. The minimum absolute atomic E-state index is 0.123. The van der Waals surface area contributed by atoms with Crippen molar-refractivity contribution in [3.8, 4) is 0 Å². The number of carbonyl (C=O) groups is 1. The molecule has 0 atom stereocenters. The molecule has 52 valence electrons. The van der Waals surface area contributed by atoms with Gasteiger partial charge in [-0.05, 0) is 15.9 Å². The Morgan fingerprint density at radius 2 is 2.40 bits per heavy atom. The summed E-state index contributed by atoms with van der Waals surface area (Å²) in [6, 6.07) is 0. The van der Waals surface area contributed by atoms with Crippen LogP contribution in [0.5, 0.6) is 0 Å². The molecule has 0 aromatic carbocycles. The average Bonchev–Trinajstić information content (AvgIpc) is 1.88. The normalized spacial score (nSPS) is 9.30. The Hall–Kier alpha value is -1.04. The number of hydrogen-bond acceptors (Lipinski definition) is 4. The van der Waals surface area contributed by atoms with Gasteiger partial charge in [-0.1, -0.05) is 0 Å². The highest BCUT2D eigenvalue weighted by Crippen LogP contribution is 1.99. The molecule has 0 spiro atoms. The number of carboxylic acid groups (broad SMARTS) is 1. The van der Waals surface area contributed by atoms with Crippen LogP contribution in [0.4, 0.5) is 0 Å². The molecule has 1 heterocycles. The molecule has 0 aliphatic carbocycles. The van der Waals surface area contributed by atoms with E-state index in [1.807, 2.05) is 0 Å². The van der Waals surface area contributed by atoms with Crippen LogP contribution in [0, 0.1) is 0 Å². The summed E-state index contributed by atoms with van der Waals surface area (Å²) < 4.78 is 0.174. The lowest BCUT2D eigenvalue weighted by Crippen LogP contribution is -2.02. The van der Waals surface area contributed by atoms with Gasteiger partial charge in [-0.3, -0.25) is 0 Å².